The van der Waals surface area contributed by atoms with E-state index >= 15 is 0 Å². The van der Waals surface area contributed by atoms with E-state index in [0.717, 1.165) is 19.4 Å². The van der Waals surface area contributed by atoms with E-state index in [1.165, 1.54) is 19.3 Å². The maximum absolute atomic E-state index is 6.44. The first-order valence-electron chi connectivity index (χ1n) is 5.30. The minimum Gasteiger partial charge on any atom is -0.384 e. The lowest BCUT2D eigenvalue weighted by atomic mass is 9.65. The van der Waals surface area contributed by atoms with Crippen molar-refractivity contribution in [2.75, 3.05) is 13.7 Å². The predicted molar refractivity (Wildman–Crippen MR) is 55.7 cm³/mol. The van der Waals surface area contributed by atoms with Gasteiger partial charge in [-0.05, 0) is 12.8 Å². The van der Waals surface area contributed by atoms with E-state index in [1.807, 2.05) is 0 Å². The van der Waals surface area contributed by atoms with Crippen LogP contribution >= 0.6 is 0 Å². The summed E-state index contributed by atoms with van der Waals surface area (Å²) < 4.78 is 5.25. The molecule has 0 atom stereocenters. The maximum atomic E-state index is 6.44. The van der Waals surface area contributed by atoms with Gasteiger partial charge in [0.2, 0.25) is 0 Å². The highest BCUT2D eigenvalue weighted by Gasteiger charge is 2.42. The molecule has 0 heterocycles. The van der Waals surface area contributed by atoms with Crippen LogP contribution in [0.15, 0.2) is 0 Å². The zero-order valence-electron chi connectivity index (χ0n) is 9.23. The fraction of sp³-hybridized carbons (Fsp3) is 1.00. The van der Waals surface area contributed by atoms with E-state index in [-0.39, 0.29) is 11.0 Å². The largest absolute Gasteiger partial charge is 0.384 e. The Morgan fingerprint density at radius 1 is 1.23 bits per heavy atom. The third-order valence-electron chi connectivity index (χ3n) is 3.60. The molecule has 0 saturated heterocycles. The van der Waals surface area contributed by atoms with Crippen molar-refractivity contribution >= 4 is 0 Å². The molecule has 2 heteroatoms. The quantitative estimate of drug-likeness (QED) is 0.732. The van der Waals surface area contributed by atoms with Crippen molar-refractivity contribution < 1.29 is 4.74 Å². The van der Waals surface area contributed by atoms with Gasteiger partial charge in [0.05, 0.1) is 6.61 Å². The Bertz CT molecular complexity index is 159. The Morgan fingerprint density at radius 2 is 1.77 bits per heavy atom. The first-order chi connectivity index (χ1) is 6.02. The van der Waals surface area contributed by atoms with E-state index in [2.05, 4.69) is 13.8 Å². The van der Waals surface area contributed by atoms with E-state index < -0.39 is 0 Å². The third-order valence-corrected chi connectivity index (χ3v) is 3.60. The number of ether oxygens (including phenoxy) is 1. The molecule has 2 N–H and O–H groups in total. The molecule has 78 valence electrons. The van der Waals surface area contributed by atoms with E-state index in [9.17, 15) is 0 Å². The number of methoxy groups -OCH3 is 1. The molecule has 0 unspecified atom stereocenters. The Hall–Kier alpha value is -0.0800. The first kappa shape index (κ1) is 11.0. The van der Waals surface area contributed by atoms with Crippen molar-refractivity contribution in [2.24, 2.45) is 11.1 Å². The molecule has 0 aliphatic heterocycles. The van der Waals surface area contributed by atoms with Gasteiger partial charge >= 0.3 is 0 Å². The van der Waals surface area contributed by atoms with Crippen LogP contribution < -0.4 is 5.73 Å². The van der Waals surface area contributed by atoms with E-state index in [0.29, 0.717) is 0 Å². The molecule has 1 fully saturated rings. The van der Waals surface area contributed by atoms with Crippen LogP contribution in [-0.4, -0.2) is 19.3 Å². The highest BCUT2D eigenvalue weighted by Crippen LogP contribution is 2.40. The summed E-state index contributed by atoms with van der Waals surface area (Å²) in [5.41, 5.74) is 6.56. The fourth-order valence-corrected chi connectivity index (χ4v) is 2.36. The summed E-state index contributed by atoms with van der Waals surface area (Å²) in [6, 6.07) is 0. The van der Waals surface area contributed by atoms with Crippen molar-refractivity contribution in [2.45, 2.75) is 51.5 Å². The molecule has 1 aliphatic rings. The molecule has 2 nitrogen and oxygen atoms in total. The Kier molecular flexibility index (Phi) is 3.36. The summed E-state index contributed by atoms with van der Waals surface area (Å²) in [6.45, 7) is 5.22. The minimum atomic E-state index is 0.00125. The number of nitrogens with two attached hydrogens (primary N) is 1. The average molecular weight is 185 g/mol. The van der Waals surface area contributed by atoms with Gasteiger partial charge in [-0.3, -0.25) is 0 Å². The Labute approximate surface area is 81.8 Å². The van der Waals surface area contributed by atoms with Crippen LogP contribution in [-0.2, 0) is 4.74 Å². The van der Waals surface area contributed by atoms with Gasteiger partial charge in [0.25, 0.3) is 0 Å². The first-order valence-corrected chi connectivity index (χ1v) is 5.30. The third kappa shape index (κ3) is 2.23. The van der Waals surface area contributed by atoms with Crippen LogP contribution in [0.2, 0.25) is 0 Å². The molecule has 0 aromatic rings. The second-order valence-electron chi connectivity index (χ2n) is 5.03. The SMILES string of the molecule is COCC(C)(C)C1(N)CCCCC1. The van der Waals surface area contributed by atoms with Gasteiger partial charge in [0.15, 0.2) is 0 Å². The second kappa shape index (κ2) is 3.97. The summed E-state index contributed by atoms with van der Waals surface area (Å²) in [7, 11) is 1.76. The van der Waals surface area contributed by atoms with Gasteiger partial charge in [0, 0.05) is 18.1 Å². The molecule has 0 amide bonds. The molecule has 1 saturated carbocycles. The van der Waals surface area contributed by atoms with Crippen LogP contribution in [0.1, 0.15) is 46.0 Å². The predicted octanol–water partition coefficient (Wildman–Crippen LogP) is 2.32. The van der Waals surface area contributed by atoms with Crippen molar-refractivity contribution in [3.05, 3.63) is 0 Å². The number of hydrogen-bond acceptors (Lipinski definition) is 2. The maximum Gasteiger partial charge on any atom is 0.0530 e. The Balaban J connectivity index is 2.64. The molecular weight excluding hydrogens is 162 g/mol. The molecule has 0 radical (unpaired) electrons. The van der Waals surface area contributed by atoms with E-state index in [1.54, 1.807) is 7.11 Å². The van der Waals surface area contributed by atoms with Crippen LogP contribution in [0.3, 0.4) is 0 Å². The zero-order chi connectivity index (χ0) is 9.95. The van der Waals surface area contributed by atoms with Crippen molar-refractivity contribution in [3.8, 4) is 0 Å². The Morgan fingerprint density at radius 3 is 2.23 bits per heavy atom. The molecule has 0 aromatic carbocycles. The van der Waals surface area contributed by atoms with E-state index in [4.69, 9.17) is 10.5 Å². The van der Waals surface area contributed by atoms with Gasteiger partial charge < -0.3 is 10.5 Å². The lowest BCUT2D eigenvalue weighted by molar-refractivity contribution is 0.0233. The standard InChI is InChI=1S/C11H23NO/c1-10(2,9-13-3)11(12)7-5-4-6-8-11/h4-9,12H2,1-3H3. The summed E-state index contributed by atoms with van der Waals surface area (Å²) in [5.74, 6) is 0. The molecule has 0 spiro atoms. The molecule has 0 aromatic heterocycles. The van der Waals surface area contributed by atoms with Gasteiger partial charge in [0.1, 0.15) is 0 Å². The van der Waals surface area contributed by atoms with Crippen molar-refractivity contribution in [3.63, 3.8) is 0 Å². The normalized spacial score (nSPS) is 23.1. The van der Waals surface area contributed by atoms with Crippen LogP contribution in [0.4, 0.5) is 0 Å². The van der Waals surface area contributed by atoms with Crippen LogP contribution in [0.5, 0.6) is 0 Å². The number of hydrogen-bond donors (Lipinski definition) is 1. The van der Waals surface area contributed by atoms with Gasteiger partial charge in [-0.2, -0.15) is 0 Å². The molecule has 13 heavy (non-hydrogen) atoms. The second-order valence-corrected chi connectivity index (χ2v) is 5.03. The zero-order valence-corrected chi connectivity index (χ0v) is 9.23. The fourth-order valence-electron chi connectivity index (χ4n) is 2.36. The van der Waals surface area contributed by atoms with Gasteiger partial charge in [-0.25, -0.2) is 0 Å². The highest BCUT2D eigenvalue weighted by molar-refractivity contribution is 4.99. The molecule has 0 bridgehead atoms. The summed E-state index contributed by atoms with van der Waals surface area (Å²) in [6.07, 6.45) is 6.22. The molecule has 1 aliphatic carbocycles. The smallest absolute Gasteiger partial charge is 0.0530 e. The topological polar surface area (TPSA) is 35.2 Å². The summed E-state index contributed by atoms with van der Waals surface area (Å²) in [5, 5.41) is 0. The molecular formula is C11H23NO. The lowest BCUT2D eigenvalue weighted by Crippen LogP contribution is -2.55. The van der Waals surface area contributed by atoms with Crippen LogP contribution in [0, 0.1) is 5.41 Å². The van der Waals surface area contributed by atoms with Gasteiger partial charge in [-0.15, -0.1) is 0 Å². The molecule has 1 rings (SSSR count). The monoisotopic (exact) mass is 185 g/mol. The number of rotatable bonds is 3. The van der Waals surface area contributed by atoms with Crippen LogP contribution in [0.25, 0.3) is 0 Å². The van der Waals surface area contributed by atoms with Crippen molar-refractivity contribution in [1.29, 1.82) is 0 Å². The average Bonchev–Trinajstić information content (AvgIpc) is 2.05. The minimum absolute atomic E-state index is 0.00125. The highest BCUT2D eigenvalue weighted by atomic mass is 16.5. The summed E-state index contributed by atoms with van der Waals surface area (Å²) in [4.78, 5) is 0. The van der Waals surface area contributed by atoms with Gasteiger partial charge in [-0.1, -0.05) is 33.1 Å². The van der Waals surface area contributed by atoms with Crippen molar-refractivity contribution in [1.82, 2.24) is 0 Å². The summed E-state index contributed by atoms with van der Waals surface area (Å²) >= 11 is 0. The lowest BCUT2D eigenvalue weighted by Gasteiger charge is -2.46.